The van der Waals surface area contributed by atoms with Gasteiger partial charge in [-0.25, -0.2) is 0 Å². The quantitative estimate of drug-likeness (QED) is 0.922. The minimum atomic E-state index is -4.52. The van der Waals surface area contributed by atoms with Crippen molar-refractivity contribution >= 4 is 17.6 Å². The van der Waals surface area contributed by atoms with E-state index in [0.717, 1.165) is 12.1 Å². The van der Waals surface area contributed by atoms with E-state index in [1.165, 1.54) is 18.0 Å². The number of likely N-dealkylation sites (N-methyl/N-ethyl adjacent to an activating group) is 1. The Hall–Kier alpha value is -1.27. The molecule has 0 heterocycles. The zero-order valence-corrected chi connectivity index (χ0v) is 10.2. The first-order chi connectivity index (χ1) is 8.20. The molecule has 3 nitrogen and oxygen atoms in total. The molecular formula is C11H11ClF3NO2. The molecule has 0 unspecified atom stereocenters. The summed E-state index contributed by atoms with van der Waals surface area (Å²) >= 11 is 5.47. The Labute approximate surface area is 107 Å². The standard InChI is InChI=1S/C11H11ClF3NO2/c1-16(6-10(17)18)5-7-2-3-9(12)8(4-7)11(13,14)15/h2-4H,5-6H2,1H3,(H,17,18). The lowest BCUT2D eigenvalue weighted by Gasteiger charge is -2.16. The lowest BCUT2D eigenvalue weighted by atomic mass is 10.1. The van der Waals surface area contributed by atoms with E-state index in [1.807, 2.05) is 0 Å². The van der Waals surface area contributed by atoms with Gasteiger partial charge in [0.1, 0.15) is 0 Å². The van der Waals surface area contributed by atoms with Gasteiger partial charge in [-0.15, -0.1) is 0 Å². The average Bonchev–Trinajstić information content (AvgIpc) is 2.17. The summed E-state index contributed by atoms with van der Waals surface area (Å²) in [6.45, 7) is -0.142. The molecule has 0 saturated heterocycles. The van der Waals surface area contributed by atoms with Crippen molar-refractivity contribution in [2.45, 2.75) is 12.7 Å². The Kier molecular flexibility index (Phi) is 4.59. The molecule has 1 aromatic carbocycles. The molecule has 0 fully saturated rings. The number of carbonyl (C=O) groups is 1. The van der Waals surface area contributed by atoms with Crippen LogP contribution in [-0.4, -0.2) is 29.6 Å². The second-order valence-corrected chi connectivity index (χ2v) is 4.29. The number of hydrogen-bond donors (Lipinski definition) is 1. The van der Waals surface area contributed by atoms with E-state index in [4.69, 9.17) is 16.7 Å². The highest BCUT2D eigenvalue weighted by Gasteiger charge is 2.33. The van der Waals surface area contributed by atoms with Crippen molar-refractivity contribution in [1.29, 1.82) is 0 Å². The minimum absolute atomic E-state index is 0.104. The molecule has 0 aliphatic rings. The molecule has 0 aromatic heterocycles. The highest BCUT2D eigenvalue weighted by atomic mass is 35.5. The minimum Gasteiger partial charge on any atom is -0.480 e. The molecule has 18 heavy (non-hydrogen) atoms. The van der Waals surface area contributed by atoms with Crippen LogP contribution in [0.3, 0.4) is 0 Å². The highest BCUT2D eigenvalue weighted by molar-refractivity contribution is 6.31. The van der Waals surface area contributed by atoms with Gasteiger partial charge in [0, 0.05) is 6.54 Å². The average molecular weight is 282 g/mol. The van der Waals surface area contributed by atoms with Crippen LogP contribution >= 0.6 is 11.6 Å². The van der Waals surface area contributed by atoms with Crippen LogP contribution < -0.4 is 0 Å². The van der Waals surface area contributed by atoms with Gasteiger partial charge in [-0.3, -0.25) is 9.69 Å². The number of aliphatic carboxylic acids is 1. The molecule has 1 rings (SSSR count). The lowest BCUT2D eigenvalue weighted by Crippen LogP contribution is -2.25. The summed E-state index contributed by atoms with van der Waals surface area (Å²) in [6.07, 6.45) is -4.52. The van der Waals surface area contributed by atoms with Gasteiger partial charge in [0.05, 0.1) is 17.1 Å². The van der Waals surface area contributed by atoms with E-state index in [2.05, 4.69) is 0 Å². The number of carboxylic acid groups (broad SMARTS) is 1. The maximum absolute atomic E-state index is 12.6. The molecule has 0 spiro atoms. The van der Waals surface area contributed by atoms with Gasteiger partial charge in [0.15, 0.2) is 0 Å². The lowest BCUT2D eigenvalue weighted by molar-refractivity contribution is -0.139. The summed E-state index contributed by atoms with van der Waals surface area (Å²) < 4.78 is 37.8. The number of benzene rings is 1. The van der Waals surface area contributed by atoms with Crippen molar-refractivity contribution in [1.82, 2.24) is 4.90 Å². The summed E-state index contributed by atoms with van der Waals surface area (Å²) in [6, 6.07) is 3.53. The third-order valence-corrected chi connectivity index (χ3v) is 2.52. The van der Waals surface area contributed by atoms with Crippen molar-refractivity contribution in [2.24, 2.45) is 0 Å². The number of halogens is 4. The van der Waals surface area contributed by atoms with E-state index in [1.54, 1.807) is 0 Å². The number of hydrogen-bond acceptors (Lipinski definition) is 2. The molecule has 7 heteroatoms. The Morgan fingerprint density at radius 1 is 1.44 bits per heavy atom. The Morgan fingerprint density at radius 2 is 2.06 bits per heavy atom. The number of nitrogens with zero attached hydrogens (tertiary/aromatic N) is 1. The third-order valence-electron chi connectivity index (χ3n) is 2.19. The van der Waals surface area contributed by atoms with Gasteiger partial charge >= 0.3 is 12.1 Å². The van der Waals surface area contributed by atoms with Gasteiger partial charge in [-0.05, 0) is 24.7 Å². The molecule has 0 saturated carbocycles. The summed E-state index contributed by atoms with van der Waals surface area (Å²) in [5.74, 6) is -1.04. The third kappa shape index (κ3) is 4.19. The first kappa shape index (κ1) is 14.8. The summed E-state index contributed by atoms with van der Waals surface area (Å²) in [4.78, 5) is 11.8. The highest BCUT2D eigenvalue weighted by Crippen LogP contribution is 2.35. The van der Waals surface area contributed by atoms with Gasteiger partial charge in [-0.2, -0.15) is 13.2 Å². The normalized spacial score (nSPS) is 11.9. The van der Waals surface area contributed by atoms with E-state index in [9.17, 15) is 18.0 Å². The van der Waals surface area contributed by atoms with Crippen molar-refractivity contribution in [3.63, 3.8) is 0 Å². The fraction of sp³-hybridized carbons (Fsp3) is 0.364. The van der Waals surface area contributed by atoms with Crippen LogP contribution in [0, 0.1) is 0 Å². The second kappa shape index (κ2) is 5.58. The number of carboxylic acids is 1. The maximum Gasteiger partial charge on any atom is 0.417 e. The molecule has 0 radical (unpaired) electrons. The van der Waals surface area contributed by atoms with Crippen LogP contribution in [0.2, 0.25) is 5.02 Å². The van der Waals surface area contributed by atoms with Crippen LogP contribution in [0.25, 0.3) is 0 Å². The van der Waals surface area contributed by atoms with Crippen LogP contribution in [0.5, 0.6) is 0 Å². The van der Waals surface area contributed by atoms with Gasteiger partial charge < -0.3 is 5.11 Å². The SMILES string of the molecule is CN(CC(=O)O)Cc1ccc(Cl)c(C(F)(F)F)c1. The van der Waals surface area contributed by atoms with Crippen molar-refractivity contribution in [2.75, 3.05) is 13.6 Å². The summed E-state index contributed by atoms with van der Waals surface area (Å²) in [5, 5.41) is 8.18. The predicted molar refractivity (Wildman–Crippen MR) is 60.4 cm³/mol. The van der Waals surface area contributed by atoms with Gasteiger partial charge in [0.25, 0.3) is 0 Å². The van der Waals surface area contributed by atoms with Crippen LogP contribution in [0.1, 0.15) is 11.1 Å². The van der Waals surface area contributed by atoms with E-state index in [-0.39, 0.29) is 18.1 Å². The van der Waals surface area contributed by atoms with Crippen molar-refractivity contribution in [3.8, 4) is 0 Å². The zero-order valence-electron chi connectivity index (χ0n) is 9.46. The van der Waals surface area contributed by atoms with Crippen LogP contribution in [0.4, 0.5) is 13.2 Å². The molecule has 0 bridgehead atoms. The van der Waals surface area contributed by atoms with E-state index in [0.29, 0.717) is 5.56 Å². The predicted octanol–water partition coefficient (Wildman–Crippen LogP) is 2.88. The molecule has 0 amide bonds. The summed E-state index contributed by atoms with van der Waals surface area (Å²) in [5.41, 5.74) is -0.555. The molecule has 1 N–H and O–H groups in total. The topological polar surface area (TPSA) is 40.5 Å². The van der Waals surface area contributed by atoms with Crippen molar-refractivity contribution < 1.29 is 23.1 Å². The van der Waals surface area contributed by atoms with Gasteiger partial charge in [0.2, 0.25) is 0 Å². The fourth-order valence-corrected chi connectivity index (χ4v) is 1.71. The van der Waals surface area contributed by atoms with E-state index >= 15 is 0 Å². The van der Waals surface area contributed by atoms with Crippen LogP contribution in [-0.2, 0) is 17.5 Å². The Bertz CT molecular complexity index is 448. The maximum atomic E-state index is 12.6. The van der Waals surface area contributed by atoms with Crippen molar-refractivity contribution in [3.05, 3.63) is 34.3 Å². The molecular weight excluding hydrogens is 271 g/mol. The molecule has 1 aromatic rings. The molecule has 0 aliphatic carbocycles. The number of rotatable bonds is 4. The van der Waals surface area contributed by atoms with E-state index < -0.39 is 17.7 Å². The van der Waals surface area contributed by atoms with Crippen LogP contribution in [0.15, 0.2) is 18.2 Å². The first-order valence-electron chi connectivity index (χ1n) is 4.96. The largest absolute Gasteiger partial charge is 0.480 e. The first-order valence-corrected chi connectivity index (χ1v) is 5.34. The zero-order chi connectivity index (χ0) is 13.9. The monoisotopic (exact) mass is 281 g/mol. The molecule has 100 valence electrons. The van der Waals surface area contributed by atoms with Gasteiger partial charge in [-0.1, -0.05) is 17.7 Å². The Morgan fingerprint density at radius 3 is 2.56 bits per heavy atom. The molecule has 0 aliphatic heterocycles. The smallest absolute Gasteiger partial charge is 0.417 e. The Balaban J connectivity index is 2.89. The summed E-state index contributed by atoms with van der Waals surface area (Å²) in [7, 11) is 1.51. The molecule has 0 atom stereocenters. The number of alkyl halides is 3. The second-order valence-electron chi connectivity index (χ2n) is 3.88. The fourth-order valence-electron chi connectivity index (χ4n) is 1.49.